The summed E-state index contributed by atoms with van der Waals surface area (Å²) in [6.07, 6.45) is 1.98. The van der Waals surface area contributed by atoms with Crippen molar-refractivity contribution in [2.45, 2.75) is 0 Å². The largest absolute Gasteiger partial charge is 0.456 e. The van der Waals surface area contributed by atoms with Gasteiger partial charge < -0.3 is 8.98 Å². The first-order chi connectivity index (χ1) is 23.8. The van der Waals surface area contributed by atoms with Crippen molar-refractivity contribution < 1.29 is 4.42 Å². The first-order valence-corrected chi connectivity index (χ1v) is 16.3. The van der Waals surface area contributed by atoms with E-state index in [-0.39, 0.29) is 0 Å². The smallest absolute Gasteiger partial charge is 0.137 e. The van der Waals surface area contributed by atoms with Gasteiger partial charge in [-0.3, -0.25) is 4.99 Å². The van der Waals surface area contributed by atoms with Crippen molar-refractivity contribution in [1.82, 2.24) is 4.57 Å². The summed E-state index contributed by atoms with van der Waals surface area (Å²) in [7, 11) is 0. The van der Waals surface area contributed by atoms with Crippen LogP contribution in [0.3, 0.4) is 0 Å². The molecule has 48 heavy (non-hydrogen) atoms. The van der Waals surface area contributed by atoms with Crippen LogP contribution in [0.25, 0.3) is 82.1 Å². The Bertz CT molecular complexity index is 2870. The van der Waals surface area contributed by atoms with Crippen molar-refractivity contribution >= 4 is 77.2 Å². The zero-order valence-electron chi connectivity index (χ0n) is 26.0. The molecule has 0 atom stereocenters. The summed E-state index contributed by atoms with van der Waals surface area (Å²) in [5, 5.41) is 9.44. The van der Waals surface area contributed by atoms with Crippen LogP contribution in [0.2, 0.25) is 0 Å². The highest BCUT2D eigenvalue weighted by atomic mass is 16.3. The molecule has 0 N–H and O–H groups in total. The quantitative estimate of drug-likeness (QED) is 0.182. The minimum atomic E-state index is 0.822. The lowest BCUT2D eigenvalue weighted by Crippen LogP contribution is -1.95. The number of aromatic nitrogens is 1. The van der Waals surface area contributed by atoms with Crippen molar-refractivity contribution in [3.05, 3.63) is 169 Å². The molecule has 0 bridgehead atoms. The summed E-state index contributed by atoms with van der Waals surface area (Å²) >= 11 is 0. The first kappa shape index (κ1) is 26.7. The fraction of sp³-hybridized carbons (Fsp3) is 0. The van der Waals surface area contributed by atoms with E-state index >= 15 is 0 Å². The first-order valence-electron chi connectivity index (χ1n) is 16.3. The number of fused-ring (bicyclic) bond motifs is 9. The zero-order valence-corrected chi connectivity index (χ0v) is 26.0. The van der Waals surface area contributed by atoms with Gasteiger partial charge in [-0.15, -0.1) is 0 Å². The van der Waals surface area contributed by atoms with Crippen LogP contribution in [-0.2, 0) is 0 Å². The maximum atomic E-state index is 6.39. The van der Waals surface area contributed by atoms with Crippen LogP contribution < -0.4 is 0 Å². The minimum Gasteiger partial charge on any atom is -0.456 e. The average Bonchev–Trinajstić information content (AvgIpc) is 3.69. The maximum Gasteiger partial charge on any atom is 0.137 e. The Morgan fingerprint density at radius 3 is 1.98 bits per heavy atom. The molecule has 0 aliphatic carbocycles. The van der Waals surface area contributed by atoms with Gasteiger partial charge in [0.05, 0.1) is 27.8 Å². The van der Waals surface area contributed by atoms with E-state index in [0.717, 1.165) is 49.9 Å². The Kier molecular flexibility index (Phi) is 5.87. The maximum absolute atomic E-state index is 6.39. The Morgan fingerprint density at radius 2 is 1.15 bits per heavy atom. The summed E-state index contributed by atoms with van der Waals surface area (Å²) in [5.74, 6) is 0. The summed E-state index contributed by atoms with van der Waals surface area (Å²) in [5.41, 5.74) is 9.28. The molecule has 8 aromatic carbocycles. The van der Waals surface area contributed by atoms with Crippen LogP contribution in [0.4, 0.5) is 5.69 Å². The number of rotatable bonds is 4. The van der Waals surface area contributed by atoms with Gasteiger partial charge >= 0.3 is 0 Å². The molecule has 224 valence electrons. The fourth-order valence-electron chi connectivity index (χ4n) is 7.36. The number of aliphatic imine (C=N–C) groups is 1. The lowest BCUT2D eigenvalue weighted by Gasteiger charge is -2.13. The van der Waals surface area contributed by atoms with Crippen LogP contribution in [0.15, 0.2) is 173 Å². The molecule has 0 aliphatic heterocycles. The van der Waals surface area contributed by atoms with Crippen LogP contribution in [-0.4, -0.2) is 10.8 Å². The van der Waals surface area contributed by atoms with E-state index in [0.29, 0.717) is 0 Å². The number of hydrogen-bond acceptors (Lipinski definition) is 2. The van der Waals surface area contributed by atoms with E-state index in [4.69, 9.17) is 9.41 Å². The van der Waals surface area contributed by atoms with Gasteiger partial charge in [0, 0.05) is 22.4 Å². The van der Waals surface area contributed by atoms with Crippen LogP contribution in [0.5, 0.6) is 0 Å². The van der Waals surface area contributed by atoms with E-state index in [1.165, 1.54) is 43.4 Å². The van der Waals surface area contributed by atoms with Gasteiger partial charge in [0.2, 0.25) is 0 Å². The summed E-state index contributed by atoms with van der Waals surface area (Å²) in [6, 6.07) is 58.0. The molecule has 0 radical (unpaired) electrons. The van der Waals surface area contributed by atoms with Gasteiger partial charge in [-0.1, -0.05) is 127 Å². The van der Waals surface area contributed by atoms with E-state index < -0.39 is 0 Å². The SMILES string of the molecule is C(=Nc1c(-n2c3cc4ccccc4cc3c3c4ccccc4ccc32)ccc2oc3ccccc3c12)c1ccc(-c2ccccc2)cc1. The molecule has 2 aromatic heterocycles. The molecule has 0 fully saturated rings. The van der Waals surface area contributed by atoms with Gasteiger partial charge in [-0.25, -0.2) is 0 Å². The second kappa shape index (κ2) is 10.5. The highest BCUT2D eigenvalue weighted by molar-refractivity contribution is 6.24. The van der Waals surface area contributed by atoms with E-state index in [1.54, 1.807) is 0 Å². The summed E-state index contributed by atoms with van der Waals surface area (Å²) < 4.78 is 8.79. The van der Waals surface area contributed by atoms with Crippen LogP contribution >= 0.6 is 0 Å². The number of furan rings is 1. The number of para-hydroxylation sites is 1. The standard InChI is InChI=1S/C45H28N2O/c1-2-10-30(11-3-1)31-20-18-29(19-21-31)28-46-45-39(24-25-42-44(45)36-16-8-9-17-41(36)48-42)47-38-23-22-32-12-6-7-15-35(32)43(38)37-26-33-13-4-5-14-34(33)27-40(37)47/h1-28H. The Labute approximate surface area is 276 Å². The van der Waals surface area contributed by atoms with Gasteiger partial charge in [0.25, 0.3) is 0 Å². The molecule has 0 spiro atoms. The predicted molar refractivity (Wildman–Crippen MR) is 202 cm³/mol. The van der Waals surface area contributed by atoms with Gasteiger partial charge in [-0.05, 0) is 74.6 Å². The van der Waals surface area contributed by atoms with Crippen molar-refractivity contribution in [3.8, 4) is 16.8 Å². The van der Waals surface area contributed by atoms with E-state index in [9.17, 15) is 0 Å². The third-order valence-electron chi connectivity index (χ3n) is 9.62. The van der Waals surface area contributed by atoms with Crippen LogP contribution in [0, 0.1) is 0 Å². The highest BCUT2D eigenvalue weighted by Crippen LogP contribution is 2.44. The molecule has 10 aromatic rings. The van der Waals surface area contributed by atoms with Crippen molar-refractivity contribution in [1.29, 1.82) is 0 Å². The molecule has 10 rings (SSSR count). The molecule has 2 heterocycles. The Hall–Kier alpha value is -6.45. The third kappa shape index (κ3) is 4.11. The number of nitrogens with zero attached hydrogens (tertiary/aromatic N) is 2. The fourth-order valence-corrected chi connectivity index (χ4v) is 7.36. The predicted octanol–water partition coefficient (Wildman–Crippen LogP) is 12.4. The highest BCUT2D eigenvalue weighted by Gasteiger charge is 2.21. The summed E-state index contributed by atoms with van der Waals surface area (Å²) in [4.78, 5) is 5.32. The molecule has 0 saturated heterocycles. The molecule has 0 amide bonds. The van der Waals surface area contributed by atoms with Gasteiger partial charge in [0.15, 0.2) is 0 Å². The second-order valence-corrected chi connectivity index (χ2v) is 12.4. The zero-order chi connectivity index (χ0) is 31.6. The molecule has 0 unspecified atom stereocenters. The lowest BCUT2D eigenvalue weighted by atomic mass is 10.0. The molecule has 0 saturated carbocycles. The topological polar surface area (TPSA) is 30.4 Å². The van der Waals surface area contributed by atoms with E-state index in [2.05, 4.69) is 150 Å². The molecule has 3 nitrogen and oxygen atoms in total. The number of benzene rings is 8. The average molecular weight is 613 g/mol. The Morgan fingerprint density at radius 1 is 0.458 bits per heavy atom. The third-order valence-corrected chi connectivity index (χ3v) is 9.62. The van der Waals surface area contributed by atoms with Crippen molar-refractivity contribution in [2.75, 3.05) is 0 Å². The monoisotopic (exact) mass is 612 g/mol. The minimum absolute atomic E-state index is 0.822. The molecule has 0 aliphatic rings. The van der Waals surface area contributed by atoms with E-state index in [1.807, 2.05) is 24.4 Å². The van der Waals surface area contributed by atoms with Gasteiger partial charge in [-0.2, -0.15) is 0 Å². The lowest BCUT2D eigenvalue weighted by molar-refractivity contribution is 0.669. The Balaban J connectivity index is 1.27. The summed E-state index contributed by atoms with van der Waals surface area (Å²) in [6.45, 7) is 0. The molecular formula is C45H28N2O. The van der Waals surface area contributed by atoms with Gasteiger partial charge in [0.1, 0.15) is 11.2 Å². The van der Waals surface area contributed by atoms with Crippen molar-refractivity contribution in [3.63, 3.8) is 0 Å². The van der Waals surface area contributed by atoms with Crippen LogP contribution in [0.1, 0.15) is 5.56 Å². The van der Waals surface area contributed by atoms with Crippen molar-refractivity contribution in [2.24, 2.45) is 4.99 Å². The normalized spacial score (nSPS) is 12.1. The number of hydrogen-bond donors (Lipinski definition) is 0. The molecular weight excluding hydrogens is 585 g/mol. The second-order valence-electron chi connectivity index (χ2n) is 12.4. The molecule has 3 heteroatoms.